The maximum absolute atomic E-state index is 10.8. The number of nitrogens with zero attached hydrogens (tertiary/aromatic N) is 1. The van der Waals surface area contributed by atoms with E-state index in [0.29, 0.717) is 5.58 Å². The molecule has 0 aliphatic heterocycles. The van der Waals surface area contributed by atoms with Crippen LogP contribution in [0.2, 0.25) is 0 Å². The van der Waals surface area contributed by atoms with Crippen LogP contribution in [0.4, 0.5) is 5.69 Å². The van der Waals surface area contributed by atoms with Crippen molar-refractivity contribution in [2.24, 2.45) is 0 Å². The second-order valence-corrected chi connectivity index (χ2v) is 4.56. The van der Waals surface area contributed by atoms with E-state index in [9.17, 15) is 10.1 Å². The van der Waals surface area contributed by atoms with Gasteiger partial charge >= 0.3 is 0 Å². The molecule has 0 saturated carbocycles. The smallest absolute Gasteiger partial charge is 0.270 e. The van der Waals surface area contributed by atoms with Crippen molar-refractivity contribution in [2.45, 2.75) is 5.33 Å². The average molecular weight is 306 g/mol. The summed E-state index contributed by atoms with van der Waals surface area (Å²) in [7, 11) is 0. The standard InChI is InChI=1S/C13H8BrNO3/c14-7-8-1-3-12-10(5-8)11-6-9(15(16)17)2-4-13(11)18-12/h1-6H,7H2. The molecular weight excluding hydrogens is 298 g/mol. The highest BCUT2D eigenvalue weighted by Crippen LogP contribution is 2.32. The molecule has 1 heterocycles. The van der Waals surface area contributed by atoms with Crippen molar-refractivity contribution in [3.8, 4) is 0 Å². The summed E-state index contributed by atoms with van der Waals surface area (Å²) in [6.07, 6.45) is 0. The number of nitro groups is 1. The van der Waals surface area contributed by atoms with Crippen LogP contribution in [0.1, 0.15) is 5.56 Å². The van der Waals surface area contributed by atoms with Gasteiger partial charge in [0.1, 0.15) is 11.2 Å². The minimum absolute atomic E-state index is 0.0782. The molecule has 0 bridgehead atoms. The monoisotopic (exact) mass is 305 g/mol. The molecule has 3 rings (SSSR count). The third-order valence-corrected chi connectivity index (χ3v) is 3.53. The van der Waals surface area contributed by atoms with Gasteiger partial charge in [0, 0.05) is 28.2 Å². The Morgan fingerprint density at radius 2 is 1.78 bits per heavy atom. The van der Waals surface area contributed by atoms with E-state index < -0.39 is 4.92 Å². The Balaban J connectivity index is 2.37. The van der Waals surface area contributed by atoms with Crippen LogP contribution in [-0.4, -0.2) is 4.92 Å². The van der Waals surface area contributed by atoms with Crippen LogP contribution < -0.4 is 0 Å². The molecule has 2 aromatic carbocycles. The van der Waals surface area contributed by atoms with Crippen molar-refractivity contribution in [2.75, 3.05) is 0 Å². The molecule has 0 aliphatic carbocycles. The lowest BCUT2D eigenvalue weighted by molar-refractivity contribution is -0.384. The molecule has 0 fully saturated rings. The van der Waals surface area contributed by atoms with E-state index in [-0.39, 0.29) is 5.69 Å². The minimum atomic E-state index is -0.396. The van der Waals surface area contributed by atoms with Gasteiger partial charge in [-0.05, 0) is 23.8 Å². The van der Waals surface area contributed by atoms with Crippen molar-refractivity contribution in [1.82, 2.24) is 0 Å². The third kappa shape index (κ3) is 1.67. The van der Waals surface area contributed by atoms with Gasteiger partial charge in [0.05, 0.1) is 4.92 Å². The fraction of sp³-hybridized carbons (Fsp3) is 0.0769. The molecule has 0 spiro atoms. The predicted octanol–water partition coefficient (Wildman–Crippen LogP) is 4.39. The molecule has 0 saturated heterocycles. The van der Waals surface area contributed by atoms with Crippen molar-refractivity contribution < 1.29 is 9.34 Å². The number of fused-ring (bicyclic) bond motifs is 3. The van der Waals surface area contributed by atoms with Crippen LogP contribution in [-0.2, 0) is 5.33 Å². The summed E-state index contributed by atoms with van der Waals surface area (Å²) in [6.45, 7) is 0. The normalized spacial score (nSPS) is 11.2. The second kappa shape index (κ2) is 4.10. The van der Waals surface area contributed by atoms with Gasteiger partial charge in [-0.3, -0.25) is 10.1 Å². The van der Waals surface area contributed by atoms with Crippen molar-refractivity contribution >= 4 is 43.6 Å². The molecule has 1 aromatic heterocycles. The Morgan fingerprint density at radius 3 is 2.44 bits per heavy atom. The highest BCUT2D eigenvalue weighted by Gasteiger charge is 2.12. The van der Waals surface area contributed by atoms with E-state index >= 15 is 0 Å². The van der Waals surface area contributed by atoms with E-state index in [0.717, 1.165) is 27.2 Å². The van der Waals surface area contributed by atoms with Crippen LogP contribution in [0.25, 0.3) is 21.9 Å². The lowest BCUT2D eigenvalue weighted by Crippen LogP contribution is -1.86. The van der Waals surface area contributed by atoms with Gasteiger partial charge < -0.3 is 4.42 Å². The SMILES string of the molecule is O=[N+]([O-])c1ccc2oc3ccc(CBr)cc3c2c1. The molecule has 5 heteroatoms. The zero-order valence-corrected chi connectivity index (χ0v) is 10.8. The number of rotatable bonds is 2. The average Bonchev–Trinajstić information content (AvgIpc) is 2.75. The molecule has 0 N–H and O–H groups in total. The number of hydrogen-bond donors (Lipinski definition) is 0. The Kier molecular flexibility index (Phi) is 2.56. The Morgan fingerprint density at radius 1 is 1.11 bits per heavy atom. The van der Waals surface area contributed by atoms with Gasteiger partial charge in [0.2, 0.25) is 0 Å². The lowest BCUT2D eigenvalue weighted by Gasteiger charge is -1.94. The number of alkyl halides is 1. The Labute approximate surface area is 110 Å². The number of nitro benzene ring substituents is 1. The molecular formula is C13H8BrNO3. The molecule has 0 amide bonds. The van der Waals surface area contributed by atoms with Gasteiger partial charge in [-0.2, -0.15) is 0 Å². The summed E-state index contributed by atoms with van der Waals surface area (Å²) >= 11 is 3.39. The minimum Gasteiger partial charge on any atom is -0.456 e. The first kappa shape index (κ1) is 11.2. The van der Waals surface area contributed by atoms with E-state index in [2.05, 4.69) is 15.9 Å². The summed E-state index contributed by atoms with van der Waals surface area (Å²) in [5.41, 5.74) is 2.60. The molecule has 0 unspecified atom stereocenters. The van der Waals surface area contributed by atoms with Gasteiger partial charge in [-0.25, -0.2) is 0 Å². The fourth-order valence-corrected chi connectivity index (χ4v) is 2.36. The van der Waals surface area contributed by atoms with E-state index in [1.807, 2.05) is 18.2 Å². The first-order valence-corrected chi connectivity index (χ1v) is 6.47. The fourth-order valence-electron chi connectivity index (χ4n) is 2.01. The maximum atomic E-state index is 10.8. The number of hydrogen-bond acceptors (Lipinski definition) is 3. The van der Waals surface area contributed by atoms with E-state index in [1.54, 1.807) is 12.1 Å². The lowest BCUT2D eigenvalue weighted by atomic mass is 10.1. The Bertz CT molecular complexity index is 763. The van der Waals surface area contributed by atoms with Gasteiger partial charge in [-0.15, -0.1) is 0 Å². The Hall–Kier alpha value is -1.88. The predicted molar refractivity (Wildman–Crippen MR) is 73.0 cm³/mol. The topological polar surface area (TPSA) is 56.3 Å². The van der Waals surface area contributed by atoms with Crippen molar-refractivity contribution in [1.29, 1.82) is 0 Å². The summed E-state index contributed by atoms with van der Waals surface area (Å²) in [5, 5.41) is 13.2. The summed E-state index contributed by atoms with van der Waals surface area (Å²) in [6, 6.07) is 10.5. The molecule has 4 nitrogen and oxygen atoms in total. The van der Waals surface area contributed by atoms with Gasteiger partial charge in [0.15, 0.2) is 0 Å². The number of benzene rings is 2. The first-order chi connectivity index (χ1) is 8.69. The van der Waals surface area contributed by atoms with Gasteiger partial charge in [0.25, 0.3) is 5.69 Å². The zero-order chi connectivity index (χ0) is 12.7. The number of non-ortho nitro benzene ring substituents is 1. The summed E-state index contributed by atoms with van der Waals surface area (Å²) in [5.74, 6) is 0. The molecule has 0 aliphatic rings. The molecule has 90 valence electrons. The quantitative estimate of drug-likeness (QED) is 0.401. The van der Waals surface area contributed by atoms with Crippen molar-refractivity contribution in [3.05, 3.63) is 52.1 Å². The van der Waals surface area contributed by atoms with E-state index in [4.69, 9.17) is 4.42 Å². The van der Waals surface area contributed by atoms with Crippen LogP contribution in [0.15, 0.2) is 40.8 Å². The highest BCUT2D eigenvalue weighted by molar-refractivity contribution is 9.08. The summed E-state index contributed by atoms with van der Waals surface area (Å²) < 4.78 is 5.65. The third-order valence-electron chi connectivity index (χ3n) is 2.88. The van der Waals surface area contributed by atoms with Crippen LogP contribution >= 0.6 is 15.9 Å². The van der Waals surface area contributed by atoms with E-state index in [1.165, 1.54) is 6.07 Å². The van der Waals surface area contributed by atoms with Crippen LogP contribution in [0, 0.1) is 10.1 Å². The molecule has 3 aromatic rings. The summed E-state index contributed by atoms with van der Waals surface area (Å²) in [4.78, 5) is 10.4. The zero-order valence-electron chi connectivity index (χ0n) is 9.22. The largest absolute Gasteiger partial charge is 0.456 e. The first-order valence-electron chi connectivity index (χ1n) is 5.34. The van der Waals surface area contributed by atoms with Crippen molar-refractivity contribution in [3.63, 3.8) is 0 Å². The van der Waals surface area contributed by atoms with Gasteiger partial charge in [-0.1, -0.05) is 22.0 Å². The second-order valence-electron chi connectivity index (χ2n) is 4.00. The molecule has 0 atom stereocenters. The number of halogens is 1. The number of furan rings is 1. The molecule has 18 heavy (non-hydrogen) atoms. The maximum Gasteiger partial charge on any atom is 0.270 e. The highest BCUT2D eigenvalue weighted by atomic mass is 79.9. The van der Waals surface area contributed by atoms with Crippen LogP contribution in [0.3, 0.4) is 0 Å². The molecule has 0 radical (unpaired) electrons. The van der Waals surface area contributed by atoms with Crippen LogP contribution in [0.5, 0.6) is 0 Å².